The van der Waals surface area contributed by atoms with Gasteiger partial charge in [-0.2, -0.15) is 10.1 Å². The summed E-state index contributed by atoms with van der Waals surface area (Å²) in [5, 5.41) is 7.18. The number of carbonyl (C=O) groups is 2. The molecule has 1 aliphatic rings. The third-order valence-corrected chi connectivity index (χ3v) is 4.30. The van der Waals surface area contributed by atoms with Crippen molar-refractivity contribution in [3.05, 3.63) is 17.6 Å². The Morgan fingerprint density at radius 3 is 2.68 bits per heavy atom. The third-order valence-electron chi connectivity index (χ3n) is 4.30. The summed E-state index contributed by atoms with van der Waals surface area (Å²) < 4.78 is 6.84. The number of carbonyl (C=O) groups excluding carboxylic acids is 2. The predicted octanol–water partition coefficient (Wildman–Crippen LogP) is 1.80. The second-order valence-electron chi connectivity index (χ2n) is 6.69. The van der Waals surface area contributed by atoms with Crippen molar-refractivity contribution in [3.8, 4) is 0 Å². The lowest BCUT2D eigenvalue weighted by molar-refractivity contribution is -0.147. The molecule has 0 aromatic carbocycles. The number of allylic oxidation sites excluding steroid dienone is 1. The van der Waals surface area contributed by atoms with Crippen molar-refractivity contribution in [1.29, 1.82) is 0 Å². The molecule has 0 spiro atoms. The lowest BCUT2D eigenvalue weighted by atomic mass is 10.0. The van der Waals surface area contributed by atoms with Crippen molar-refractivity contribution >= 4 is 17.8 Å². The fourth-order valence-electron chi connectivity index (χ4n) is 2.90. The molecule has 8 heteroatoms. The Kier molecular flexibility index (Phi) is 5.81. The van der Waals surface area contributed by atoms with E-state index in [1.165, 1.54) is 6.33 Å². The highest BCUT2D eigenvalue weighted by molar-refractivity contribution is 5.96. The summed E-state index contributed by atoms with van der Waals surface area (Å²) in [5.41, 5.74) is 1.49. The zero-order valence-corrected chi connectivity index (χ0v) is 15.7. The first kappa shape index (κ1) is 19.0. The molecule has 2 rings (SSSR count). The molecule has 0 saturated carbocycles. The molecule has 0 saturated heterocycles. The lowest BCUT2D eigenvalue weighted by Gasteiger charge is -2.32. The fraction of sp³-hybridized carbons (Fsp3) is 0.647. The van der Waals surface area contributed by atoms with Crippen LogP contribution in [0.5, 0.6) is 0 Å². The molecular weight excluding hydrogens is 322 g/mol. The monoisotopic (exact) mass is 349 g/mol. The number of esters is 1. The maximum absolute atomic E-state index is 12.8. The van der Waals surface area contributed by atoms with Crippen LogP contribution in [0.25, 0.3) is 0 Å². The number of nitrogens with zero attached hydrogens (tertiary/aromatic N) is 4. The minimum Gasteiger partial charge on any atom is -0.463 e. The van der Waals surface area contributed by atoms with Crippen molar-refractivity contribution in [2.45, 2.75) is 65.6 Å². The number of amides is 1. The van der Waals surface area contributed by atoms with Gasteiger partial charge in [-0.25, -0.2) is 4.68 Å². The summed E-state index contributed by atoms with van der Waals surface area (Å²) in [6, 6.07) is -0.339. The first-order valence-electron chi connectivity index (χ1n) is 8.56. The molecule has 25 heavy (non-hydrogen) atoms. The Morgan fingerprint density at radius 2 is 2.04 bits per heavy atom. The van der Waals surface area contributed by atoms with E-state index >= 15 is 0 Å². The van der Waals surface area contributed by atoms with Gasteiger partial charge < -0.3 is 15.0 Å². The predicted molar refractivity (Wildman–Crippen MR) is 93.9 cm³/mol. The third kappa shape index (κ3) is 4.18. The Bertz CT molecular complexity index is 680. The molecule has 0 aliphatic carbocycles. The molecule has 1 N–H and O–H groups in total. The van der Waals surface area contributed by atoms with Crippen LogP contribution in [-0.4, -0.2) is 45.8 Å². The molecule has 2 atom stereocenters. The zero-order chi connectivity index (χ0) is 18.7. The Labute approximate surface area is 148 Å². The Morgan fingerprint density at radius 1 is 1.36 bits per heavy atom. The molecule has 0 fully saturated rings. The first-order valence-corrected chi connectivity index (χ1v) is 8.56. The van der Waals surface area contributed by atoms with Crippen molar-refractivity contribution in [2.24, 2.45) is 0 Å². The number of anilines is 1. The van der Waals surface area contributed by atoms with Gasteiger partial charge in [-0.3, -0.25) is 9.59 Å². The minimum absolute atomic E-state index is 0.124. The number of hydrogen-bond donors (Lipinski definition) is 1. The van der Waals surface area contributed by atoms with E-state index in [9.17, 15) is 9.59 Å². The van der Waals surface area contributed by atoms with E-state index in [0.717, 1.165) is 5.70 Å². The van der Waals surface area contributed by atoms with Crippen LogP contribution in [0, 0.1) is 0 Å². The normalized spacial score (nSPS) is 18.2. The van der Waals surface area contributed by atoms with E-state index in [0.29, 0.717) is 17.9 Å². The van der Waals surface area contributed by atoms with E-state index < -0.39 is 0 Å². The van der Waals surface area contributed by atoms with Crippen LogP contribution < -0.4 is 10.2 Å². The van der Waals surface area contributed by atoms with Gasteiger partial charge in [0.1, 0.15) is 6.33 Å². The van der Waals surface area contributed by atoms with Crippen LogP contribution in [0.3, 0.4) is 0 Å². The molecule has 8 nitrogen and oxygen atoms in total. The summed E-state index contributed by atoms with van der Waals surface area (Å²) in [7, 11) is 1.86. The number of fused-ring (bicyclic) bond motifs is 1. The Hall–Kier alpha value is -2.38. The fourth-order valence-corrected chi connectivity index (χ4v) is 2.90. The summed E-state index contributed by atoms with van der Waals surface area (Å²) in [4.78, 5) is 30.5. The SMILES string of the molecule is CC1=C(C(=O)N[C@H](C)CCC(=O)OC(C)C)[C@H](C)n2ncnc2N1C. The van der Waals surface area contributed by atoms with E-state index in [4.69, 9.17) is 4.74 Å². The largest absolute Gasteiger partial charge is 0.463 e. The highest BCUT2D eigenvalue weighted by Crippen LogP contribution is 2.32. The number of hydrogen-bond acceptors (Lipinski definition) is 6. The van der Waals surface area contributed by atoms with Gasteiger partial charge >= 0.3 is 5.97 Å². The van der Waals surface area contributed by atoms with Gasteiger partial charge in [-0.05, 0) is 41.0 Å². The second-order valence-corrected chi connectivity index (χ2v) is 6.69. The molecule has 0 bridgehead atoms. The summed E-state index contributed by atoms with van der Waals surface area (Å²) in [6.07, 6.45) is 2.17. The van der Waals surface area contributed by atoms with Crippen LogP contribution in [0.2, 0.25) is 0 Å². The minimum atomic E-state index is -0.246. The van der Waals surface area contributed by atoms with Crippen LogP contribution >= 0.6 is 0 Å². The maximum Gasteiger partial charge on any atom is 0.306 e. The molecule has 1 aromatic heterocycles. The topological polar surface area (TPSA) is 89.3 Å². The zero-order valence-electron chi connectivity index (χ0n) is 15.7. The van der Waals surface area contributed by atoms with Gasteiger partial charge in [0.25, 0.3) is 5.91 Å². The standard InChI is InChI=1S/C17H27N5O3/c1-10(2)25-14(23)8-7-11(3)20-16(24)15-12(4)21(6)17-18-9-19-22(17)13(15)5/h9-11,13H,7-8H2,1-6H3,(H,20,24)/t11-,13+/m1/s1. The van der Waals surface area contributed by atoms with E-state index in [2.05, 4.69) is 15.4 Å². The van der Waals surface area contributed by atoms with Gasteiger partial charge in [0, 0.05) is 25.2 Å². The molecule has 2 heterocycles. The smallest absolute Gasteiger partial charge is 0.306 e. The summed E-state index contributed by atoms with van der Waals surface area (Å²) in [6.45, 7) is 9.34. The highest BCUT2D eigenvalue weighted by atomic mass is 16.5. The summed E-state index contributed by atoms with van der Waals surface area (Å²) >= 11 is 0. The first-order chi connectivity index (χ1) is 11.7. The van der Waals surface area contributed by atoms with E-state index in [1.807, 2.05) is 46.6 Å². The number of aromatic nitrogens is 3. The van der Waals surface area contributed by atoms with Gasteiger partial charge in [0.15, 0.2) is 0 Å². The molecule has 1 aromatic rings. The van der Waals surface area contributed by atoms with Gasteiger partial charge in [0.05, 0.1) is 17.7 Å². The molecule has 1 aliphatic heterocycles. The Balaban J connectivity index is 2.00. The van der Waals surface area contributed by atoms with Crippen LogP contribution in [0.1, 0.15) is 53.5 Å². The second kappa shape index (κ2) is 7.67. The average molecular weight is 349 g/mol. The van der Waals surface area contributed by atoms with Crippen LogP contribution in [0.15, 0.2) is 17.6 Å². The molecule has 0 radical (unpaired) electrons. The van der Waals surface area contributed by atoms with Crippen molar-refractivity contribution in [1.82, 2.24) is 20.1 Å². The molecule has 1 amide bonds. The van der Waals surface area contributed by atoms with Crippen molar-refractivity contribution in [3.63, 3.8) is 0 Å². The maximum atomic E-state index is 12.8. The highest BCUT2D eigenvalue weighted by Gasteiger charge is 2.32. The van der Waals surface area contributed by atoms with Gasteiger partial charge in [-0.1, -0.05) is 0 Å². The lowest BCUT2D eigenvalue weighted by Crippen LogP contribution is -2.40. The van der Waals surface area contributed by atoms with Crippen LogP contribution in [0.4, 0.5) is 5.95 Å². The number of rotatable bonds is 6. The molecule has 138 valence electrons. The number of ether oxygens (including phenoxy) is 1. The van der Waals surface area contributed by atoms with Crippen molar-refractivity contribution < 1.29 is 14.3 Å². The number of nitrogens with one attached hydrogen (secondary N) is 1. The van der Waals surface area contributed by atoms with Gasteiger partial charge in [-0.15, -0.1) is 0 Å². The molecule has 0 unspecified atom stereocenters. The van der Waals surface area contributed by atoms with E-state index in [1.54, 1.807) is 4.68 Å². The summed E-state index contributed by atoms with van der Waals surface area (Å²) in [5.74, 6) is 0.318. The molecular formula is C17H27N5O3. The van der Waals surface area contributed by atoms with Gasteiger partial charge in [0.2, 0.25) is 5.95 Å². The van der Waals surface area contributed by atoms with E-state index in [-0.39, 0.29) is 36.5 Å². The quantitative estimate of drug-likeness (QED) is 0.788. The van der Waals surface area contributed by atoms with Crippen molar-refractivity contribution in [2.75, 3.05) is 11.9 Å². The van der Waals surface area contributed by atoms with Crippen LogP contribution in [-0.2, 0) is 14.3 Å². The average Bonchev–Trinajstić information content (AvgIpc) is 3.00.